The van der Waals surface area contributed by atoms with Gasteiger partial charge in [0.25, 0.3) is 0 Å². The van der Waals surface area contributed by atoms with Crippen molar-refractivity contribution in [1.82, 2.24) is 10.2 Å². The molecule has 0 spiro atoms. The van der Waals surface area contributed by atoms with Crippen LogP contribution in [0.3, 0.4) is 0 Å². The van der Waals surface area contributed by atoms with Crippen LogP contribution in [0.2, 0.25) is 0 Å². The molecular formula is C15H32N2O2. The highest BCUT2D eigenvalue weighted by Gasteiger charge is 2.09. The number of hydrogen-bond acceptors (Lipinski definition) is 2. The van der Waals surface area contributed by atoms with Gasteiger partial charge in [-0.1, -0.05) is 58.3 Å². The number of carbonyl (C=O) groups is 1. The van der Waals surface area contributed by atoms with E-state index in [2.05, 4.69) is 12.2 Å². The van der Waals surface area contributed by atoms with Crippen LogP contribution >= 0.6 is 0 Å². The fourth-order valence-electron chi connectivity index (χ4n) is 2.21. The Bertz CT molecular complexity index is 210. The van der Waals surface area contributed by atoms with Crippen molar-refractivity contribution in [3.63, 3.8) is 0 Å². The molecule has 2 N–H and O–H groups in total. The lowest BCUT2D eigenvalue weighted by molar-refractivity contribution is 0.177. The average Bonchev–Trinajstić information content (AvgIpc) is 2.43. The largest absolute Gasteiger partial charge is 0.395 e. The van der Waals surface area contributed by atoms with Crippen LogP contribution in [0.15, 0.2) is 0 Å². The van der Waals surface area contributed by atoms with E-state index in [4.69, 9.17) is 5.11 Å². The molecule has 4 nitrogen and oxygen atoms in total. The molecule has 0 saturated heterocycles. The van der Waals surface area contributed by atoms with Crippen LogP contribution in [0.1, 0.15) is 64.7 Å². The molecule has 114 valence electrons. The predicted octanol–water partition coefficient (Wildman–Crippen LogP) is 3.15. The Morgan fingerprint density at radius 3 is 1.95 bits per heavy atom. The Morgan fingerprint density at radius 2 is 1.47 bits per heavy atom. The summed E-state index contributed by atoms with van der Waals surface area (Å²) in [7, 11) is 1.63. The van der Waals surface area contributed by atoms with Crippen molar-refractivity contribution in [1.29, 1.82) is 0 Å². The maximum absolute atomic E-state index is 11.5. The van der Waals surface area contributed by atoms with Crippen LogP contribution in [0, 0.1) is 0 Å². The van der Waals surface area contributed by atoms with Crippen molar-refractivity contribution < 1.29 is 9.90 Å². The van der Waals surface area contributed by atoms with Crippen molar-refractivity contribution in [2.24, 2.45) is 0 Å². The molecule has 0 aliphatic heterocycles. The number of aliphatic hydroxyl groups excluding tert-OH is 1. The van der Waals surface area contributed by atoms with Gasteiger partial charge in [-0.3, -0.25) is 0 Å². The molecule has 0 aromatic rings. The number of unbranched alkanes of at least 4 members (excludes halogenated alkanes) is 8. The molecule has 0 aromatic carbocycles. The summed E-state index contributed by atoms with van der Waals surface area (Å²) in [6.07, 6.45) is 11.5. The van der Waals surface area contributed by atoms with Gasteiger partial charge in [0.15, 0.2) is 0 Å². The molecule has 0 heterocycles. The number of amides is 2. The van der Waals surface area contributed by atoms with Crippen molar-refractivity contribution >= 4 is 6.03 Å². The van der Waals surface area contributed by atoms with Crippen LogP contribution < -0.4 is 5.32 Å². The van der Waals surface area contributed by atoms with Gasteiger partial charge in [0.05, 0.1) is 6.61 Å². The molecule has 4 heteroatoms. The van der Waals surface area contributed by atoms with E-state index >= 15 is 0 Å². The fourth-order valence-corrected chi connectivity index (χ4v) is 2.21. The second-order valence-electron chi connectivity index (χ2n) is 5.09. The Morgan fingerprint density at radius 1 is 0.947 bits per heavy atom. The summed E-state index contributed by atoms with van der Waals surface area (Å²) in [6, 6.07) is -0.0892. The predicted molar refractivity (Wildman–Crippen MR) is 80.3 cm³/mol. The SMILES string of the molecule is CCCCCCCCCCCN(CCO)C(=O)NC. The third-order valence-corrected chi connectivity index (χ3v) is 3.40. The lowest BCUT2D eigenvalue weighted by atomic mass is 10.1. The minimum atomic E-state index is -0.0892. The van der Waals surface area contributed by atoms with Crippen LogP contribution in [0.5, 0.6) is 0 Å². The van der Waals surface area contributed by atoms with Crippen LogP contribution in [-0.2, 0) is 0 Å². The van der Waals surface area contributed by atoms with E-state index < -0.39 is 0 Å². The quantitative estimate of drug-likeness (QED) is 0.536. The molecular weight excluding hydrogens is 240 g/mol. The number of aliphatic hydroxyl groups is 1. The van der Waals surface area contributed by atoms with Gasteiger partial charge < -0.3 is 15.3 Å². The molecule has 0 aliphatic carbocycles. The molecule has 2 amide bonds. The number of hydrogen-bond donors (Lipinski definition) is 2. The monoisotopic (exact) mass is 272 g/mol. The minimum absolute atomic E-state index is 0.0326. The van der Waals surface area contributed by atoms with Gasteiger partial charge in [0, 0.05) is 20.1 Å². The van der Waals surface area contributed by atoms with Crippen molar-refractivity contribution in [3.05, 3.63) is 0 Å². The van der Waals surface area contributed by atoms with Gasteiger partial charge >= 0.3 is 6.03 Å². The first-order valence-electron chi connectivity index (χ1n) is 7.83. The molecule has 0 aliphatic rings. The van der Waals surface area contributed by atoms with Gasteiger partial charge in [-0.2, -0.15) is 0 Å². The zero-order valence-electron chi connectivity index (χ0n) is 12.8. The van der Waals surface area contributed by atoms with E-state index in [0.29, 0.717) is 6.54 Å². The first-order valence-corrected chi connectivity index (χ1v) is 7.83. The maximum atomic E-state index is 11.5. The highest BCUT2D eigenvalue weighted by molar-refractivity contribution is 5.73. The second-order valence-corrected chi connectivity index (χ2v) is 5.09. The summed E-state index contributed by atoms with van der Waals surface area (Å²) in [4.78, 5) is 13.2. The van der Waals surface area contributed by atoms with E-state index in [1.165, 1.54) is 51.4 Å². The number of carbonyl (C=O) groups excluding carboxylic acids is 1. The Balaban J connectivity index is 3.42. The van der Waals surface area contributed by atoms with Crippen molar-refractivity contribution in [3.8, 4) is 0 Å². The molecule has 0 fully saturated rings. The maximum Gasteiger partial charge on any atom is 0.317 e. The van der Waals surface area contributed by atoms with Crippen LogP contribution in [-0.4, -0.2) is 42.8 Å². The van der Waals surface area contributed by atoms with Gasteiger partial charge in [-0.25, -0.2) is 4.79 Å². The highest BCUT2D eigenvalue weighted by Crippen LogP contribution is 2.09. The number of nitrogens with zero attached hydrogens (tertiary/aromatic N) is 1. The minimum Gasteiger partial charge on any atom is -0.395 e. The van der Waals surface area contributed by atoms with Gasteiger partial charge in [-0.15, -0.1) is 0 Å². The van der Waals surface area contributed by atoms with Crippen molar-refractivity contribution in [2.45, 2.75) is 64.7 Å². The second kappa shape index (κ2) is 13.7. The lowest BCUT2D eigenvalue weighted by Crippen LogP contribution is -2.40. The zero-order chi connectivity index (χ0) is 14.3. The van der Waals surface area contributed by atoms with Gasteiger partial charge in [0.1, 0.15) is 0 Å². The summed E-state index contributed by atoms with van der Waals surface area (Å²) >= 11 is 0. The molecule has 0 aromatic heterocycles. The average molecular weight is 272 g/mol. The third kappa shape index (κ3) is 10.8. The Labute approximate surface area is 118 Å². The first kappa shape index (κ1) is 18.2. The van der Waals surface area contributed by atoms with E-state index in [1.807, 2.05) is 0 Å². The number of rotatable bonds is 12. The van der Waals surface area contributed by atoms with E-state index in [0.717, 1.165) is 13.0 Å². The van der Waals surface area contributed by atoms with Gasteiger partial charge in [0.2, 0.25) is 0 Å². The normalized spacial score (nSPS) is 10.5. The topological polar surface area (TPSA) is 52.6 Å². The van der Waals surface area contributed by atoms with E-state index in [-0.39, 0.29) is 12.6 Å². The van der Waals surface area contributed by atoms with E-state index in [9.17, 15) is 4.79 Å². The third-order valence-electron chi connectivity index (χ3n) is 3.40. The summed E-state index contributed by atoms with van der Waals surface area (Å²) < 4.78 is 0. The van der Waals surface area contributed by atoms with Gasteiger partial charge in [-0.05, 0) is 6.42 Å². The smallest absolute Gasteiger partial charge is 0.317 e. The number of urea groups is 1. The number of nitrogens with one attached hydrogen (secondary N) is 1. The molecule has 0 unspecified atom stereocenters. The first-order chi connectivity index (χ1) is 9.26. The summed E-state index contributed by atoms with van der Waals surface area (Å²) in [5.74, 6) is 0. The highest BCUT2D eigenvalue weighted by atomic mass is 16.3. The molecule has 0 rings (SSSR count). The summed E-state index contributed by atoms with van der Waals surface area (Å²) in [5.41, 5.74) is 0. The lowest BCUT2D eigenvalue weighted by Gasteiger charge is -2.20. The molecule has 0 saturated carbocycles. The molecule has 0 atom stereocenters. The zero-order valence-corrected chi connectivity index (χ0v) is 12.8. The molecule has 0 radical (unpaired) electrons. The Hall–Kier alpha value is -0.770. The molecule has 19 heavy (non-hydrogen) atoms. The van der Waals surface area contributed by atoms with Crippen LogP contribution in [0.4, 0.5) is 4.79 Å². The van der Waals surface area contributed by atoms with Crippen LogP contribution in [0.25, 0.3) is 0 Å². The Kier molecular flexibility index (Phi) is 13.1. The molecule has 0 bridgehead atoms. The summed E-state index contributed by atoms with van der Waals surface area (Å²) in [6.45, 7) is 3.45. The fraction of sp³-hybridized carbons (Fsp3) is 0.933. The van der Waals surface area contributed by atoms with Crippen molar-refractivity contribution in [2.75, 3.05) is 26.7 Å². The summed E-state index contributed by atoms with van der Waals surface area (Å²) in [5, 5.41) is 11.5. The van der Waals surface area contributed by atoms with E-state index in [1.54, 1.807) is 11.9 Å². The standard InChI is InChI=1S/C15H32N2O2/c1-3-4-5-6-7-8-9-10-11-12-17(13-14-18)15(19)16-2/h18H,3-14H2,1-2H3,(H,16,19).